The molecule has 1 fully saturated rings. The molecule has 2 heterocycles. The second kappa shape index (κ2) is 9.20. The van der Waals surface area contributed by atoms with E-state index in [1.54, 1.807) is 4.68 Å². The molecule has 7 nitrogen and oxygen atoms in total. The van der Waals surface area contributed by atoms with Gasteiger partial charge in [-0.2, -0.15) is 5.10 Å². The van der Waals surface area contributed by atoms with Crippen molar-refractivity contribution in [3.8, 4) is 0 Å². The minimum atomic E-state index is -0.129. The molecule has 0 saturated carbocycles. The van der Waals surface area contributed by atoms with Crippen LogP contribution in [0.5, 0.6) is 0 Å². The lowest BCUT2D eigenvalue weighted by molar-refractivity contribution is -0.00818. The molecule has 0 radical (unpaired) electrons. The molecule has 1 saturated heterocycles. The van der Waals surface area contributed by atoms with E-state index in [9.17, 15) is 5.11 Å². The molecule has 0 aliphatic carbocycles. The number of aliphatic imine (C=N–C) groups is 1. The molecule has 0 aromatic carbocycles. The predicted octanol–water partition coefficient (Wildman–Crippen LogP) is 1.56. The van der Waals surface area contributed by atoms with Crippen LogP contribution in [0.3, 0.4) is 0 Å². The number of aliphatic hydroxyl groups excluding tert-OH is 1. The average molecular weight is 351 g/mol. The van der Waals surface area contributed by atoms with Crippen molar-refractivity contribution in [2.75, 3.05) is 39.4 Å². The molecule has 7 heteroatoms. The van der Waals surface area contributed by atoms with E-state index in [-0.39, 0.29) is 18.1 Å². The van der Waals surface area contributed by atoms with Crippen LogP contribution >= 0.6 is 0 Å². The Bertz CT molecular complexity index is 545. The van der Waals surface area contributed by atoms with Gasteiger partial charge in [-0.15, -0.1) is 0 Å². The number of guanidine groups is 1. The lowest BCUT2D eigenvalue weighted by atomic mass is 9.83. The fourth-order valence-corrected chi connectivity index (χ4v) is 3.07. The third kappa shape index (κ3) is 4.95. The maximum atomic E-state index is 9.79. The number of nitrogens with one attached hydrogen (secondary N) is 1. The van der Waals surface area contributed by atoms with E-state index in [2.05, 4.69) is 36.1 Å². The second-order valence-corrected chi connectivity index (χ2v) is 6.79. The van der Waals surface area contributed by atoms with Gasteiger partial charge < -0.3 is 20.1 Å². The lowest BCUT2D eigenvalue weighted by Crippen LogP contribution is -2.48. The second-order valence-electron chi connectivity index (χ2n) is 6.79. The summed E-state index contributed by atoms with van der Waals surface area (Å²) in [5.74, 6) is 0.902. The zero-order chi connectivity index (χ0) is 18.3. The van der Waals surface area contributed by atoms with Crippen LogP contribution < -0.4 is 5.32 Å². The van der Waals surface area contributed by atoms with Crippen molar-refractivity contribution >= 4 is 5.96 Å². The molecule has 1 aliphatic heterocycles. The first-order chi connectivity index (χ1) is 12.1. The van der Waals surface area contributed by atoms with Crippen LogP contribution in [0.25, 0.3) is 0 Å². The van der Waals surface area contributed by atoms with Crippen molar-refractivity contribution in [1.29, 1.82) is 0 Å². The number of aliphatic hydroxyl groups is 1. The molecule has 1 aromatic heterocycles. The Morgan fingerprint density at radius 3 is 2.76 bits per heavy atom. The van der Waals surface area contributed by atoms with E-state index in [0.717, 1.165) is 44.0 Å². The van der Waals surface area contributed by atoms with Crippen LogP contribution in [0.15, 0.2) is 17.4 Å². The third-order valence-corrected chi connectivity index (χ3v) is 5.20. The summed E-state index contributed by atoms with van der Waals surface area (Å²) in [5.41, 5.74) is 0.963. The number of morpholine rings is 1. The number of hydrogen-bond donors (Lipinski definition) is 2. The first kappa shape index (κ1) is 19.7. The Balaban J connectivity index is 2.11. The molecule has 0 spiro atoms. The standard InChI is InChI=1S/C18H33N5O2/c1-5-18(6-2,14-24)13-20-17(19-7-3)23-8-9-25-16(12-23)15-10-21-22(4)11-15/h10-11,16,24H,5-9,12-14H2,1-4H3,(H,19,20). The van der Waals surface area contributed by atoms with E-state index in [0.29, 0.717) is 13.2 Å². The van der Waals surface area contributed by atoms with E-state index in [4.69, 9.17) is 9.73 Å². The van der Waals surface area contributed by atoms with Gasteiger partial charge in [0.15, 0.2) is 5.96 Å². The minimum absolute atomic E-state index is 0.00579. The Hall–Kier alpha value is -1.60. The van der Waals surface area contributed by atoms with Crippen molar-refractivity contribution in [2.24, 2.45) is 17.5 Å². The molecule has 1 aliphatic rings. The minimum Gasteiger partial charge on any atom is -0.396 e. The van der Waals surface area contributed by atoms with Gasteiger partial charge in [-0.1, -0.05) is 13.8 Å². The largest absolute Gasteiger partial charge is 0.396 e. The summed E-state index contributed by atoms with van der Waals surface area (Å²) in [5, 5.41) is 17.4. The summed E-state index contributed by atoms with van der Waals surface area (Å²) in [4.78, 5) is 7.10. The third-order valence-electron chi connectivity index (χ3n) is 5.20. The summed E-state index contributed by atoms with van der Waals surface area (Å²) in [6.07, 6.45) is 5.72. The van der Waals surface area contributed by atoms with Gasteiger partial charge >= 0.3 is 0 Å². The average Bonchev–Trinajstić information content (AvgIpc) is 3.09. The number of rotatable bonds is 7. The molecule has 1 atom stereocenters. The normalized spacial score (nSPS) is 19.3. The van der Waals surface area contributed by atoms with Crippen LogP contribution in [-0.4, -0.2) is 65.1 Å². The van der Waals surface area contributed by atoms with Crippen LogP contribution in [0.2, 0.25) is 0 Å². The van der Waals surface area contributed by atoms with Gasteiger partial charge in [-0.25, -0.2) is 0 Å². The Morgan fingerprint density at radius 2 is 2.20 bits per heavy atom. The van der Waals surface area contributed by atoms with Crippen LogP contribution in [-0.2, 0) is 11.8 Å². The highest BCUT2D eigenvalue weighted by Gasteiger charge is 2.28. The molecule has 25 heavy (non-hydrogen) atoms. The van der Waals surface area contributed by atoms with Gasteiger partial charge in [0.25, 0.3) is 0 Å². The van der Waals surface area contributed by atoms with E-state index < -0.39 is 0 Å². The molecule has 1 unspecified atom stereocenters. The van der Waals surface area contributed by atoms with E-state index in [1.807, 2.05) is 19.4 Å². The zero-order valence-electron chi connectivity index (χ0n) is 16.0. The molecule has 142 valence electrons. The number of aromatic nitrogens is 2. The van der Waals surface area contributed by atoms with Crippen molar-refractivity contribution in [2.45, 2.75) is 39.7 Å². The summed E-state index contributed by atoms with van der Waals surface area (Å²) in [6.45, 7) is 10.2. The van der Waals surface area contributed by atoms with Crippen molar-refractivity contribution in [3.63, 3.8) is 0 Å². The highest BCUT2D eigenvalue weighted by molar-refractivity contribution is 5.80. The molecular weight excluding hydrogens is 318 g/mol. The SMILES string of the molecule is CCNC(=NCC(CC)(CC)CO)N1CCOC(c2cnn(C)c2)C1. The van der Waals surface area contributed by atoms with Crippen molar-refractivity contribution < 1.29 is 9.84 Å². The van der Waals surface area contributed by atoms with Gasteiger partial charge in [-0.05, 0) is 19.8 Å². The zero-order valence-corrected chi connectivity index (χ0v) is 16.0. The Kier molecular flexibility index (Phi) is 7.25. The fourth-order valence-electron chi connectivity index (χ4n) is 3.07. The van der Waals surface area contributed by atoms with Gasteiger partial charge in [0, 0.05) is 37.3 Å². The molecule has 1 aromatic rings. The van der Waals surface area contributed by atoms with Gasteiger partial charge in [0.1, 0.15) is 6.10 Å². The summed E-state index contributed by atoms with van der Waals surface area (Å²) in [6, 6.07) is 0. The van der Waals surface area contributed by atoms with Gasteiger partial charge in [-0.3, -0.25) is 9.67 Å². The van der Waals surface area contributed by atoms with Crippen molar-refractivity contribution in [3.05, 3.63) is 18.0 Å². The molecule has 2 N–H and O–H groups in total. The highest BCUT2D eigenvalue weighted by atomic mass is 16.5. The quantitative estimate of drug-likeness (QED) is 0.576. The summed E-state index contributed by atoms with van der Waals surface area (Å²) in [7, 11) is 1.92. The molecular formula is C18H33N5O2. The van der Waals surface area contributed by atoms with Crippen LogP contribution in [0.1, 0.15) is 45.3 Å². The fraction of sp³-hybridized carbons (Fsp3) is 0.778. The van der Waals surface area contributed by atoms with Gasteiger partial charge in [0.2, 0.25) is 0 Å². The van der Waals surface area contributed by atoms with Gasteiger partial charge in [0.05, 0.1) is 32.5 Å². The Morgan fingerprint density at radius 1 is 1.44 bits per heavy atom. The maximum absolute atomic E-state index is 9.79. The number of ether oxygens (including phenoxy) is 1. The lowest BCUT2D eigenvalue weighted by Gasteiger charge is -2.35. The maximum Gasteiger partial charge on any atom is 0.194 e. The smallest absolute Gasteiger partial charge is 0.194 e. The highest BCUT2D eigenvalue weighted by Crippen LogP contribution is 2.26. The molecule has 2 rings (SSSR count). The van der Waals surface area contributed by atoms with Crippen LogP contribution in [0, 0.1) is 5.41 Å². The monoisotopic (exact) mass is 351 g/mol. The first-order valence-corrected chi connectivity index (χ1v) is 9.31. The number of aryl methyl sites for hydroxylation is 1. The number of nitrogens with zero attached hydrogens (tertiary/aromatic N) is 4. The van der Waals surface area contributed by atoms with E-state index in [1.165, 1.54) is 0 Å². The first-order valence-electron chi connectivity index (χ1n) is 9.31. The summed E-state index contributed by atoms with van der Waals surface area (Å²) >= 11 is 0. The van der Waals surface area contributed by atoms with Crippen molar-refractivity contribution in [1.82, 2.24) is 20.0 Å². The Labute approximate surface area is 151 Å². The topological polar surface area (TPSA) is 74.9 Å². The summed E-state index contributed by atoms with van der Waals surface area (Å²) < 4.78 is 7.73. The predicted molar refractivity (Wildman–Crippen MR) is 99.6 cm³/mol. The number of hydrogen-bond acceptors (Lipinski definition) is 4. The van der Waals surface area contributed by atoms with E-state index >= 15 is 0 Å². The molecule has 0 bridgehead atoms. The van der Waals surface area contributed by atoms with Crippen LogP contribution in [0.4, 0.5) is 0 Å². The molecule has 0 amide bonds.